The molecule has 0 saturated carbocycles. The molecule has 0 saturated heterocycles. The highest BCUT2D eigenvalue weighted by molar-refractivity contribution is 9.10. The lowest BCUT2D eigenvalue weighted by molar-refractivity contribution is 0.0688. The van der Waals surface area contributed by atoms with Crippen molar-refractivity contribution in [2.75, 3.05) is 0 Å². The molecule has 0 aliphatic rings. The first-order valence-electron chi connectivity index (χ1n) is 5.98. The Morgan fingerprint density at radius 1 is 1.32 bits per heavy atom. The SMILES string of the molecule is CC(C)c1ccc(-c2c(Br)c(C(=O)O)nn2C)cc1. The Morgan fingerprint density at radius 3 is 2.32 bits per heavy atom. The average molecular weight is 323 g/mol. The summed E-state index contributed by atoms with van der Waals surface area (Å²) in [5.41, 5.74) is 3.00. The van der Waals surface area contributed by atoms with Gasteiger partial charge in [-0.2, -0.15) is 5.10 Å². The van der Waals surface area contributed by atoms with E-state index in [-0.39, 0.29) is 5.69 Å². The van der Waals surface area contributed by atoms with Crippen molar-refractivity contribution in [1.82, 2.24) is 9.78 Å². The predicted molar refractivity (Wildman–Crippen MR) is 77.4 cm³/mol. The zero-order valence-corrected chi connectivity index (χ0v) is 12.6. The number of benzene rings is 1. The van der Waals surface area contributed by atoms with Crippen molar-refractivity contribution in [3.8, 4) is 11.3 Å². The third-order valence-corrected chi connectivity index (χ3v) is 3.79. The molecular weight excluding hydrogens is 308 g/mol. The van der Waals surface area contributed by atoms with Crippen LogP contribution < -0.4 is 0 Å². The number of halogens is 1. The van der Waals surface area contributed by atoms with Crippen LogP contribution in [0.15, 0.2) is 28.7 Å². The summed E-state index contributed by atoms with van der Waals surface area (Å²) in [5.74, 6) is -0.564. The van der Waals surface area contributed by atoms with Gasteiger partial charge in [0.15, 0.2) is 5.69 Å². The van der Waals surface area contributed by atoms with Crippen LogP contribution in [0.5, 0.6) is 0 Å². The molecule has 0 atom stereocenters. The van der Waals surface area contributed by atoms with Gasteiger partial charge in [-0.3, -0.25) is 4.68 Å². The van der Waals surface area contributed by atoms with Gasteiger partial charge in [-0.25, -0.2) is 4.79 Å². The Hall–Kier alpha value is -1.62. The summed E-state index contributed by atoms with van der Waals surface area (Å²) >= 11 is 3.32. The molecule has 5 heteroatoms. The maximum atomic E-state index is 11.1. The number of carboxylic acid groups (broad SMARTS) is 1. The molecule has 100 valence electrons. The van der Waals surface area contributed by atoms with Crippen LogP contribution in [0.1, 0.15) is 35.8 Å². The molecule has 0 fully saturated rings. The second-order valence-electron chi connectivity index (χ2n) is 4.72. The van der Waals surface area contributed by atoms with Gasteiger partial charge in [0.2, 0.25) is 0 Å². The smallest absolute Gasteiger partial charge is 0.357 e. The Bertz CT molecular complexity index is 615. The molecule has 2 rings (SSSR count). The quantitative estimate of drug-likeness (QED) is 0.937. The zero-order chi connectivity index (χ0) is 14.2. The highest BCUT2D eigenvalue weighted by atomic mass is 79.9. The molecule has 2 aromatic rings. The van der Waals surface area contributed by atoms with E-state index in [0.717, 1.165) is 11.3 Å². The van der Waals surface area contributed by atoms with Gasteiger partial charge in [0.25, 0.3) is 0 Å². The lowest BCUT2D eigenvalue weighted by Gasteiger charge is -2.07. The minimum absolute atomic E-state index is 0.0328. The number of aryl methyl sites for hydroxylation is 1. The summed E-state index contributed by atoms with van der Waals surface area (Å²) in [6.45, 7) is 4.27. The van der Waals surface area contributed by atoms with Gasteiger partial charge in [-0.1, -0.05) is 38.1 Å². The Kier molecular flexibility index (Phi) is 3.75. The lowest BCUT2D eigenvalue weighted by atomic mass is 10.0. The average Bonchev–Trinajstić information content (AvgIpc) is 2.65. The summed E-state index contributed by atoms with van der Waals surface area (Å²) < 4.78 is 2.09. The van der Waals surface area contributed by atoms with Crippen LogP contribution in [-0.4, -0.2) is 20.9 Å². The highest BCUT2D eigenvalue weighted by Crippen LogP contribution is 2.31. The molecule has 0 unspecified atom stereocenters. The van der Waals surface area contributed by atoms with Gasteiger partial charge < -0.3 is 5.11 Å². The van der Waals surface area contributed by atoms with E-state index in [1.54, 1.807) is 11.7 Å². The van der Waals surface area contributed by atoms with Gasteiger partial charge in [0.05, 0.1) is 10.2 Å². The van der Waals surface area contributed by atoms with E-state index in [1.807, 2.05) is 12.1 Å². The van der Waals surface area contributed by atoms with Gasteiger partial charge in [0.1, 0.15) is 0 Å². The van der Waals surface area contributed by atoms with E-state index in [9.17, 15) is 4.79 Å². The van der Waals surface area contributed by atoms with E-state index in [2.05, 4.69) is 47.0 Å². The van der Waals surface area contributed by atoms with Crippen molar-refractivity contribution in [2.45, 2.75) is 19.8 Å². The Labute approximate surface area is 120 Å². The number of carbonyl (C=O) groups is 1. The van der Waals surface area contributed by atoms with E-state index in [1.165, 1.54) is 5.56 Å². The minimum Gasteiger partial charge on any atom is -0.476 e. The van der Waals surface area contributed by atoms with Crippen LogP contribution in [-0.2, 0) is 7.05 Å². The standard InChI is InChI=1S/C14H15BrN2O2/c1-8(2)9-4-6-10(7-5-9)13-11(15)12(14(18)19)16-17(13)3/h4-8H,1-3H3,(H,18,19). The molecule has 0 aliphatic heterocycles. The normalized spacial score (nSPS) is 11.0. The summed E-state index contributed by atoms with van der Waals surface area (Å²) in [6.07, 6.45) is 0. The number of rotatable bonds is 3. The molecule has 0 radical (unpaired) electrons. The van der Waals surface area contributed by atoms with Crippen molar-refractivity contribution in [3.63, 3.8) is 0 Å². The van der Waals surface area contributed by atoms with Crippen molar-refractivity contribution >= 4 is 21.9 Å². The van der Waals surface area contributed by atoms with Gasteiger partial charge in [0, 0.05) is 12.6 Å². The van der Waals surface area contributed by atoms with Crippen molar-refractivity contribution in [1.29, 1.82) is 0 Å². The third kappa shape index (κ3) is 2.56. The first-order valence-corrected chi connectivity index (χ1v) is 6.77. The molecule has 0 aliphatic carbocycles. The first-order chi connectivity index (χ1) is 8.91. The fourth-order valence-electron chi connectivity index (χ4n) is 1.97. The minimum atomic E-state index is -1.03. The zero-order valence-electron chi connectivity index (χ0n) is 11.0. The summed E-state index contributed by atoms with van der Waals surface area (Å²) in [5, 5.41) is 13.1. The summed E-state index contributed by atoms with van der Waals surface area (Å²) in [6, 6.07) is 8.09. The number of hydrogen-bond acceptors (Lipinski definition) is 2. The first kappa shape index (κ1) is 13.8. The second kappa shape index (κ2) is 5.17. The van der Waals surface area contributed by atoms with Gasteiger partial charge in [-0.05, 0) is 27.4 Å². The van der Waals surface area contributed by atoms with E-state index >= 15 is 0 Å². The molecule has 1 aromatic carbocycles. The van der Waals surface area contributed by atoms with E-state index in [0.29, 0.717) is 10.4 Å². The molecule has 1 heterocycles. The number of hydrogen-bond donors (Lipinski definition) is 1. The molecule has 0 bridgehead atoms. The van der Waals surface area contributed by atoms with Crippen molar-refractivity contribution in [2.24, 2.45) is 7.05 Å². The molecule has 0 amide bonds. The second-order valence-corrected chi connectivity index (χ2v) is 5.51. The summed E-state index contributed by atoms with van der Waals surface area (Å²) in [7, 11) is 1.74. The number of aromatic carboxylic acids is 1. The Balaban J connectivity index is 2.50. The predicted octanol–water partition coefficient (Wildman–Crippen LogP) is 3.67. The molecular formula is C14H15BrN2O2. The van der Waals surface area contributed by atoms with Crippen molar-refractivity contribution in [3.05, 3.63) is 40.0 Å². The lowest BCUT2D eigenvalue weighted by Crippen LogP contribution is -1.99. The molecule has 19 heavy (non-hydrogen) atoms. The van der Waals surface area contributed by atoms with Crippen LogP contribution in [0.2, 0.25) is 0 Å². The van der Waals surface area contributed by atoms with Crippen LogP contribution in [0, 0.1) is 0 Å². The number of carboxylic acids is 1. The fourth-order valence-corrected chi connectivity index (χ4v) is 2.71. The van der Waals surface area contributed by atoms with E-state index in [4.69, 9.17) is 5.11 Å². The number of nitrogens with zero attached hydrogens (tertiary/aromatic N) is 2. The fraction of sp³-hybridized carbons (Fsp3) is 0.286. The highest BCUT2D eigenvalue weighted by Gasteiger charge is 2.20. The molecule has 4 nitrogen and oxygen atoms in total. The van der Waals surface area contributed by atoms with Crippen LogP contribution >= 0.6 is 15.9 Å². The third-order valence-electron chi connectivity index (χ3n) is 3.04. The van der Waals surface area contributed by atoms with Gasteiger partial charge >= 0.3 is 5.97 Å². The van der Waals surface area contributed by atoms with Crippen molar-refractivity contribution < 1.29 is 9.90 Å². The van der Waals surface area contributed by atoms with Crippen LogP contribution in [0.4, 0.5) is 0 Å². The number of aromatic nitrogens is 2. The molecule has 1 N–H and O–H groups in total. The maximum Gasteiger partial charge on any atom is 0.357 e. The largest absolute Gasteiger partial charge is 0.476 e. The monoisotopic (exact) mass is 322 g/mol. The van der Waals surface area contributed by atoms with Crippen LogP contribution in [0.25, 0.3) is 11.3 Å². The topological polar surface area (TPSA) is 55.1 Å². The molecule has 0 spiro atoms. The maximum absolute atomic E-state index is 11.1. The van der Waals surface area contributed by atoms with Gasteiger partial charge in [-0.15, -0.1) is 0 Å². The van der Waals surface area contributed by atoms with E-state index < -0.39 is 5.97 Å². The van der Waals surface area contributed by atoms with Crippen LogP contribution in [0.3, 0.4) is 0 Å². The molecule has 1 aromatic heterocycles. The Morgan fingerprint density at radius 2 is 1.89 bits per heavy atom. The summed E-state index contributed by atoms with van der Waals surface area (Å²) in [4.78, 5) is 11.1.